The summed E-state index contributed by atoms with van der Waals surface area (Å²) < 4.78 is 39.0. The molecule has 0 bridgehead atoms. The molecule has 2 heterocycles. The highest BCUT2D eigenvalue weighted by Crippen LogP contribution is 2.38. The average Bonchev–Trinajstić information content (AvgIpc) is 2.48. The smallest absolute Gasteiger partial charge is 0.396 e. The summed E-state index contributed by atoms with van der Waals surface area (Å²) in [6, 6.07) is 2.06. The molecule has 1 aliphatic heterocycles. The van der Waals surface area contributed by atoms with Crippen molar-refractivity contribution in [3.8, 4) is 0 Å². The minimum atomic E-state index is -4.42. The molecule has 1 fully saturated rings. The monoisotopic (exact) mass is 332 g/mol. The topological polar surface area (TPSA) is 56.6 Å². The Kier molecular flexibility index (Phi) is 5.20. The van der Waals surface area contributed by atoms with Crippen molar-refractivity contribution in [2.75, 3.05) is 24.6 Å². The van der Waals surface area contributed by atoms with E-state index in [2.05, 4.69) is 4.98 Å². The Morgan fingerprint density at radius 3 is 2.65 bits per heavy atom. The maximum atomic E-state index is 13.0. The van der Waals surface area contributed by atoms with Gasteiger partial charge in [0.2, 0.25) is 0 Å². The van der Waals surface area contributed by atoms with Crippen molar-refractivity contribution >= 4 is 5.82 Å². The van der Waals surface area contributed by atoms with Crippen LogP contribution in [0.2, 0.25) is 0 Å². The lowest BCUT2D eigenvalue weighted by atomic mass is 9.74. The van der Waals surface area contributed by atoms with E-state index < -0.39 is 23.3 Å². The van der Waals surface area contributed by atoms with Crippen molar-refractivity contribution in [1.29, 1.82) is 0 Å². The lowest BCUT2D eigenvalue weighted by Crippen LogP contribution is -2.54. The highest BCUT2D eigenvalue weighted by molar-refractivity contribution is 5.44. The van der Waals surface area contributed by atoms with E-state index in [4.69, 9.17) is 0 Å². The molecule has 0 unspecified atom stereocenters. The molecule has 130 valence electrons. The molecular formula is C16H23F3N2O2. The van der Waals surface area contributed by atoms with Crippen LogP contribution in [0.1, 0.15) is 37.4 Å². The van der Waals surface area contributed by atoms with Crippen LogP contribution in [0.15, 0.2) is 12.1 Å². The van der Waals surface area contributed by atoms with Gasteiger partial charge in [0.1, 0.15) is 5.82 Å². The van der Waals surface area contributed by atoms with Crippen LogP contribution in [0, 0.1) is 12.3 Å². The standard InChI is InChI=1S/C16H23F3N2O2/c1-3-5-15(10-22)9-21(6-4-13(15)23)14-8-12(16(17,18)19)7-11(2)20-14/h7-8,13,22-23H,3-6,9-10H2,1-2H3/t13-,15+/m1/s1. The molecule has 1 aromatic heterocycles. The van der Waals surface area contributed by atoms with Gasteiger partial charge in [-0.15, -0.1) is 0 Å². The second-order valence-corrected chi connectivity index (χ2v) is 6.35. The Morgan fingerprint density at radius 2 is 2.09 bits per heavy atom. The Bertz CT molecular complexity index is 551. The number of nitrogens with zero attached hydrogens (tertiary/aromatic N) is 2. The number of aliphatic hydroxyl groups is 2. The number of piperidine rings is 1. The van der Waals surface area contributed by atoms with Crippen LogP contribution < -0.4 is 4.90 Å². The summed E-state index contributed by atoms with van der Waals surface area (Å²) in [5, 5.41) is 20.0. The van der Waals surface area contributed by atoms with Crippen LogP contribution in [0.4, 0.5) is 19.0 Å². The Balaban J connectivity index is 2.33. The van der Waals surface area contributed by atoms with Crippen molar-refractivity contribution in [2.24, 2.45) is 5.41 Å². The average molecular weight is 332 g/mol. The van der Waals surface area contributed by atoms with Gasteiger partial charge in [0.05, 0.1) is 18.3 Å². The lowest BCUT2D eigenvalue weighted by Gasteiger charge is -2.46. The minimum absolute atomic E-state index is 0.198. The molecule has 2 atom stereocenters. The first-order valence-corrected chi connectivity index (χ1v) is 7.81. The zero-order chi connectivity index (χ0) is 17.3. The van der Waals surface area contributed by atoms with Gasteiger partial charge in [-0.25, -0.2) is 4.98 Å². The van der Waals surface area contributed by atoms with Crippen molar-refractivity contribution in [3.63, 3.8) is 0 Å². The highest BCUT2D eigenvalue weighted by atomic mass is 19.4. The fraction of sp³-hybridized carbons (Fsp3) is 0.688. The Hall–Kier alpha value is -1.34. The van der Waals surface area contributed by atoms with Crippen LogP contribution in [0.5, 0.6) is 0 Å². The Morgan fingerprint density at radius 1 is 1.39 bits per heavy atom. The van der Waals surface area contributed by atoms with E-state index in [9.17, 15) is 23.4 Å². The fourth-order valence-electron chi connectivity index (χ4n) is 3.30. The first-order valence-electron chi connectivity index (χ1n) is 7.81. The van der Waals surface area contributed by atoms with Gasteiger partial charge in [0.25, 0.3) is 0 Å². The minimum Gasteiger partial charge on any atom is -0.396 e. The van der Waals surface area contributed by atoms with Crippen LogP contribution in [0.25, 0.3) is 0 Å². The van der Waals surface area contributed by atoms with E-state index in [1.165, 1.54) is 6.92 Å². The first kappa shape index (κ1) is 18.0. The Labute approximate surface area is 134 Å². The molecule has 23 heavy (non-hydrogen) atoms. The van der Waals surface area contributed by atoms with E-state index in [0.717, 1.165) is 18.6 Å². The largest absolute Gasteiger partial charge is 0.416 e. The zero-order valence-corrected chi connectivity index (χ0v) is 13.4. The lowest BCUT2D eigenvalue weighted by molar-refractivity contribution is -0.137. The van der Waals surface area contributed by atoms with E-state index in [1.54, 1.807) is 4.90 Å². The second-order valence-electron chi connectivity index (χ2n) is 6.35. The highest BCUT2D eigenvalue weighted by Gasteiger charge is 2.42. The van der Waals surface area contributed by atoms with Crippen LogP contribution in [-0.2, 0) is 6.18 Å². The van der Waals surface area contributed by atoms with Crippen molar-refractivity contribution < 1.29 is 23.4 Å². The summed E-state index contributed by atoms with van der Waals surface area (Å²) in [7, 11) is 0. The van der Waals surface area contributed by atoms with Gasteiger partial charge < -0.3 is 15.1 Å². The fourth-order valence-corrected chi connectivity index (χ4v) is 3.30. The van der Waals surface area contributed by atoms with Gasteiger partial charge in [-0.05, 0) is 31.9 Å². The third-order valence-corrected chi connectivity index (χ3v) is 4.54. The predicted octanol–water partition coefficient (Wildman–Crippen LogP) is 2.76. The summed E-state index contributed by atoms with van der Waals surface area (Å²) in [5.74, 6) is 0.248. The summed E-state index contributed by atoms with van der Waals surface area (Å²) in [6.07, 6.45) is -3.29. The number of rotatable bonds is 4. The number of aromatic nitrogens is 1. The molecule has 1 saturated heterocycles. The molecule has 2 rings (SSSR count). The summed E-state index contributed by atoms with van der Waals surface area (Å²) in [5.41, 5.74) is -1.14. The number of aryl methyl sites for hydroxylation is 1. The molecule has 1 aliphatic rings. The van der Waals surface area contributed by atoms with E-state index in [-0.39, 0.29) is 12.4 Å². The number of aliphatic hydroxyl groups excluding tert-OH is 2. The maximum absolute atomic E-state index is 13.0. The first-order chi connectivity index (χ1) is 10.7. The van der Waals surface area contributed by atoms with Gasteiger partial charge in [-0.3, -0.25) is 0 Å². The molecular weight excluding hydrogens is 309 g/mol. The van der Waals surface area contributed by atoms with Crippen LogP contribution in [0.3, 0.4) is 0 Å². The van der Waals surface area contributed by atoms with Gasteiger partial charge in [-0.2, -0.15) is 13.2 Å². The quantitative estimate of drug-likeness (QED) is 0.890. The molecule has 1 aromatic rings. The van der Waals surface area contributed by atoms with Gasteiger partial charge >= 0.3 is 6.18 Å². The maximum Gasteiger partial charge on any atom is 0.416 e. The predicted molar refractivity (Wildman–Crippen MR) is 81.2 cm³/mol. The number of hydrogen-bond acceptors (Lipinski definition) is 4. The molecule has 7 heteroatoms. The molecule has 2 N–H and O–H groups in total. The van der Waals surface area contributed by atoms with E-state index in [0.29, 0.717) is 31.6 Å². The summed E-state index contributed by atoms with van der Waals surface area (Å²) >= 11 is 0. The van der Waals surface area contributed by atoms with Gasteiger partial charge in [0.15, 0.2) is 0 Å². The number of hydrogen-bond donors (Lipinski definition) is 2. The number of alkyl halides is 3. The molecule has 0 amide bonds. The zero-order valence-electron chi connectivity index (χ0n) is 13.4. The van der Waals surface area contributed by atoms with Gasteiger partial charge in [-0.1, -0.05) is 13.3 Å². The normalized spacial score (nSPS) is 25.7. The number of anilines is 1. The van der Waals surface area contributed by atoms with Crippen LogP contribution in [-0.4, -0.2) is 41.0 Å². The van der Waals surface area contributed by atoms with Crippen molar-refractivity contribution in [2.45, 2.75) is 45.4 Å². The van der Waals surface area contributed by atoms with Crippen LogP contribution >= 0.6 is 0 Å². The van der Waals surface area contributed by atoms with E-state index in [1.807, 2.05) is 6.92 Å². The summed E-state index contributed by atoms with van der Waals surface area (Å²) in [4.78, 5) is 5.96. The second kappa shape index (κ2) is 6.65. The number of halogens is 3. The van der Waals surface area contributed by atoms with E-state index >= 15 is 0 Å². The van der Waals surface area contributed by atoms with Crippen molar-refractivity contribution in [1.82, 2.24) is 4.98 Å². The molecule has 0 aromatic carbocycles. The number of pyridine rings is 1. The third-order valence-electron chi connectivity index (χ3n) is 4.54. The third kappa shape index (κ3) is 3.77. The molecule has 0 spiro atoms. The molecule has 0 radical (unpaired) electrons. The molecule has 4 nitrogen and oxygen atoms in total. The molecule has 0 aliphatic carbocycles. The SMILES string of the molecule is CCC[C@@]1(CO)CN(c2cc(C(F)(F)F)cc(C)n2)CC[C@H]1O. The molecule has 0 saturated carbocycles. The summed E-state index contributed by atoms with van der Waals surface area (Å²) in [6.45, 7) is 4.00. The van der Waals surface area contributed by atoms with Gasteiger partial charge in [0, 0.05) is 24.2 Å². The van der Waals surface area contributed by atoms with Crippen molar-refractivity contribution in [3.05, 3.63) is 23.4 Å².